The summed E-state index contributed by atoms with van der Waals surface area (Å²) in [6.45, 7) is 1.90. The molecule has 0 atom stereocenters. The minimum Gasteiger partial charge on any atom is -0.351 e. The van der Waals surface area contributed by atoms with Crippen LogP contribution in [0.25, 0.3) is 33.4 Å². The molecule has 4 aromatic rings. The van der Waals surface area contributed by atoms with Gasteiger partial charge in [0.2, 0.25) is 5.95 Å². The Labute approximate surface area is 153 Å². The Hall–Kier alpha value is -3.81. The molecule has 0 bridgehead atoms. The zero-order valence-electron chi connectivity index (χ0n) is 14.3. The van der Waals surface area contributed by atoms with Crippen molar-refractivity contribution in [3.05, 3.63) is 60.3 Å². The summed E-state index contributed by atoms with van der Waals surface area (Å²) >= 11 is 0. The number of primary amides is 1. The van der Waals surface area contributed by atoms with E-state index < -0.39 is 11.8 Å². The van der Waals surface area contributed by atoms with Crippen LogP contribution in [0.5, 0.6) is 0 Å². The summed E-state index contributed by atoms with van der Waals surface area (Å²) in [6, 6.07) is 9.58. The number of fused-ring (bicyclic) bond motifs is 1. The maximum Gasteiger partial charge on any atom is 0.318 e. The van der Waals surface area contributed by atoms with Gasteiger partial charge in [0.1, 0.15) is 11.5 Å². The van der Waals surface area contributed by atoms with Gasteiger partial charge in [-0.05, 0) is 42.8 Å². The van der Waals surface area contributed by atoms with Crippen LogP contribution in [0.15, 0.2) is 48.8 Å². The maximum atomic E-state index is 14.4. The van der Waals surface area contributed by atoms with Crippen molar-refractivity contribution >= 4 is 23.0 Å². The van der Waals surface area contributed by atoms with Crippen molar-refractivity contribution in [3.8, 4) is 22.4 Å². The summed E-state index contributed by atoms with van der Waals surface area (Å²) in [7, 11) is 0. The first-order valence-corrected chi connectivity index (χ1v) is 8.15. The Morgan fingerprint density at radius 3 is 2.74 bits per heavy atom. The van der Waals surface area contributed by atoms with Crippen LogP contribution in [-0.2, 0) is 0 Å². The summed E-state index contributed by atoms with van der Waals surface area (Å²) in [4.78, 5) is 26.9. The van der Waals surface area contributed by atoms with E-state index in [4.69, 9.17) is 5.73 Å². The molecule has 0 saturated heterocycles. The lowest BCUT2D eigenvalue weighted by Gasteiger charge is -2.08. The molecule has 0 aliphatic heterocycles. The van der Waals surface area contributed by atoms with Gasteiger partial charge in [0, 0.05) is 29.2 Å². The molecule has 0 spiro atoms. The van der Waals surface area contributed by atoms with Crippen LogP contribution in [0, 0.1) is 12.7 Å². The van der Waals surface area contributed by atoms with E-state index in [2.05, 4.69) is 25.3 Å². The van der Waals surface area contributed by atoms with E-state index >= 15 is 0 Å². The highest BCUT2D eigenvalue weighted by molar-refractivity contribution is 5.97. The van der Waals surface area contributed by atoms with Crippen molar-refractivity contribution < 1.29 is 9.18 Å². The molecule has 3 heterocycles. The molecular formula is C19H15FN6O. The van der Waals surface area contributed by atoms with Gasteiger partial charge in [0.15, 0.2) is 0 Å². The predicted molar refractivity (Wildman–Crippen MR) is 100 cm³/mol. The molecule has 0 aliphatic carbocycles. The second-order valence-corrected chi connectivity index (χ2v) is 6.01. The molecule has 4 N–H and O–H groups in total. The maximum absolute atomic E-state index is 14.4. The van der Waals surface area contributed by atoms with E-state index in [0.29, 0.717) is 16.6 Å². The summed E-state index contributed by atoms with van der Waals surface area (Å²) in [6.07, 6.45) is 3.26. The Morgan fingerprint density at radius 2 is 2.04 bits per heavy atom. The largest absolute Gasteiger partial charge is 0.351 e. The highest BCUT2D eigenvalue weighted by Gasteiger charge is 2.16. The van der Waals surface area contributed by atoms with E-state index in [-0.39, 0.29) is 11.6 Å². The second kappa shape index (κ2) is 6.49. The number of imidazole rings is 1. The molecule has 27 heavy (non-hydrogen) atoms. The number of urea groups is 1. The Bertz CT molecular complexity index is 1150. The van der Waals surface area contributed by atoms with E-state index in [0.717, 1.165) is 16.8 Å². The Balaban J connectivity index is 1.97. The average molecular weight is 362 g/mol. The fourth-order valence-electron chi connectivity index (χ4n) is 2.86. The van der Waals surface area contributed by atoms with Crippen molar-refractivity contribution in [2.24, 2.45) is 5.73 Å². The van der Waals surface area contributed by atoms with Gasteiger partial charge in [-0.25, -0.2) is 14.2 Å². The highest BCUT2D eigenvalue weighted by Crippen LogP contribution is 2.33. The molecule has 7 nitrogen and oxygen atoms in total. The molecule has 134 valence electrons. The summed E-state index contributed by atoms with van der Waals surface area (Å²) in [5.41, 5.74) is 9.49. The number of halogens is 1. The average Bonchev–Trinajstić information content (AvgIpc) is 3.03. The number of carbonyl (C=O) groups is 1. The van der Waals surface area contributed by atoms with Crippen LogP contribution in [0.2, 0.25) is 0 Å². The van der Waals surface area contributed by atoms with Crippen molar-refractivity contribution in [2.45, 2.75) is 6.92 Å². The summed E-state index contributed by atoms with van der Waals surface area (Å²) < 4.78 is 14.4. The number of carbonyl (C=O) groups excluding carboxylic acids is 1. The Morgan fingerprint density at radius 1 is 1.19 bits per heavy atom. The highest BCUT2D eigenvalue weighted by atomic mass is 19.1. The molecule has 3 aromatic heterocycles. The third kappa shape index (κ3) is 3.20. The number of amides is 2. The van der Waals surface area contributed by atoms with Crippen molar-refractivity contribution in [1.29, 1.82) is 0 Å². The van der Waals surface area contributed by atoms with Crippen LogP contribution in [0.4, 0.5) is 15.1 Å². The van der Waals surface area contributed by atoms with E-state index in [1.165, 1.54) is 18.3 Å². The number of H-pyrrole nitrogens is 1. The van der Waals surface area contributed by atoms with Gasteiger partial charge in [-0.1, -0.05) is 6.07 Å². The zero-order chi connectivity index (χ0) is 19.0. The molecule has 4 rings (SSSR count). The van der Waals surface area contributed by atoms with Crippen molar-refractivity contribution in [1.82, 2.24) is 19.9 Å². The van der Waals surface area contributed by atoms with Crippen LogP contribution in [0.3, 0.4) is 0 Å². The number of hydrogen-bond donors (Lipinski definition) is 3. The first-order valence-electron chi connectivity index (χ1n) is 8.15. The topological polar surface area (TPSA) is 110 Å². The molecular weight excluding hydrogens is 347 g/mol. The number of rotatable bonds is 3. The molecule has 0 fully saturated rings. The van der Waals surface area contributed by atoms with Gasteiger partial charge in [-0.3, -0.25) is 15.3 Å². The van der Waals surface area contributed by atoms with E-state index in [1.54, 1.807) is 6.20 Å². The zero-order valence-corrected chi connectivity index (χ0v) is 14.3. The van der Waals surface area contributed by atoms with Gasteiger partial charge in [-0.2, -0.15) is 0 Å². The van der Waals surface area contributed by atoms with Gasteiger partial charge in [-0.15, -0.1) is 0 Å². The van der Waals surface area contributed by atoms with E-state index in [1.807, 2.05) is 31.2 Å². The van der Waals surface area contributed by atoms with Crippen molar-refractivity contribution in [3.63, 3.8) is 0 Å². The third-order valence-corrected chi connectivity index (χ3v) is 4.09. The summed E-state index contributed by atoms with van der Waals surface area (Å²) in [5.74, 6) is -0.286. The molecule has 0 unspecified atom stereocenters. The first-order chi connectivity index (χ1) is 13.0. The molecule has 0 saturated carbocycles. The number of aromatic nitrogens is 4. The number of benzene rings is 1. The standard InChI is InChI=1S/C19H15FN6O/c1-10-4-5-11(9-23-10)12-7-13(16-14(20)3-2-6-22-16)17-15(8-12)24-19(25-17)26-18(21)27/h2-9H,1H3,(H4,21,24,25,26,27). The van der Waals surface area contributed by atoms with Crippen LogP contribution < -0.4 is 11.1 Å². The van der Waals surface area contributed by atoms with Crippen LogP contribution >= 0.6 is 0 Å². The lowest BCUT2D eigenvalue weighted by molar-refractivity contribution is 0.259. The lowest BCUT2D eigenvalue weighted by Crippen LogP contribution is -2.19. The fraction of sp³-hybridized carbons (Fsp3) is 0.0526. The number of aryl methyl sites for hydroxylation is 1. The van der Waals surface area contributed by atoms with Gasteiger partial charge < -0.3 is 10.7 Å². The number of nitrogens with two attached hydrogens (primary N) is 1. The number of nitrogens with one attached hydrogen (secondary N) is 2. The van der Waals surface area contributed by atoms with Gasteiger partial charge in [0.25, 0.3) is 0 Å². The second-order valence-electron chi connectivity index (χ2n) is 6.01. The van der Waals surface area contributed by atoms with Crippen molar-refractivity contribution in [2.75, 3.05) is 5.32 Å². The molecule has 0 aliphatic rings. The molecule has 1 aromatic carbocycles. The normalized spacial score (nSPS) is 10.9. The van der Waals surface area contributed by atoms with Gasteiger partial charge in [0.05, 0.1) is 11.0 Å². The summed E-state index contributed by atoms with van der Waals surface area (Å²) in [5, 5.41) is 2.40. The number of pyridine rings is 2. The van der Waals surface area contributed by atoms with Gasteiger partial charge >= 0.3 is 6.03 Å². The lowest BCUT2D eigenvalue weighted by atomic mass is 10.0. The SMILES string of the molecule is Cc1ccc(-c2cc(-c3ncccc3F)c3[nH]c(NC(N)=O)nc3c2)cn1. The quantitative estimate of drug-likeness (QED) is 0.517. The fourth-order valence-corrected chi connectivity index (χ4v) is 2.86. The number of anilines is 1. The smallest absolute Gasteiger partial charge is 0.318 e. The number of aromatic amines is 1. The molecule has 2 amide bonds. The molecule has 8 heteroatoms. The minimum absolute atomic E-state index is 0.175. The monoisotopic (exact) mass is 362 g/mol. The minimum atomic E-state index is -0.748. The molecule has 0 radical (unpaired) electrons. The number of nitrogens with zero attached hydrogens (tertiary/aromatic N) is 3. The first kappa shape index (κ1) is 16.6. The number of hydrogen-bond acceptors (Lipinski definition) is 4. The van der Waals surface area contributed by atoms with Crippen LogP contribution in [-0.4, -0.2) is 26.0 Å². The van der Waals surface area contributed by atoms with Crippen LogP contribution in [0.1, 0.15) is 5.69 Å². The Kier molecular flexibility index (Phi) is 4.00. The predicted octanol–water partition coefficient (Wildman–Crippen LogP) is 3.63. The van der Waals surface area contributed by atoms with E-state index in [9.17, 15) is 9.18 Å². The third-order valence-electron chi connectivity index (χ3n) is 4.09.